The fraction of sp³-hybridized carbons (Fsp3) is 0.294. The summed E-state index contributed by atoms with van der Waals surface area (Å²) in [7, 11) is 0. The van der Waals surface area contributed by atoms with Gasteiger partial charge in [-0.05, 0) is 43.7 Å². The van der Waals surface area contributed by atoms with Crippen LogP contribution in [0, 0.1) is 12.7 Å². The van der Waals surface area contributed by atoms with E-state index in [2.05, 4.69) is 12.2 Å². The smallest absolute Gasteiger partial charge is 0.128 e. The predicted molar refractivity (Wildman–Crippen MR) is 80.7 cm³/mol. The molecule has 1 N–H and O–H groups in total. The summed E-state index contributed by atoms with van der Waals surface area (Å²) in [5.41, 5.74) is 2.69. The molecule has 0 fully saturated rings. The van der Waals surface area contributed by atoms with Crippen molar-refractivity contribution < 1.29 is 9.13 Å². The Bertz CT molecular complexity index is 551. The molecule has 3 heteroatoms. The maximum Gasteiger partial charge on any atom is 0.128 e. The van der Waals surface area contributed by atoms with E-state index in [1.807, 2.05) is 37.3 Å². The summed E-state index contributed by atoms with van der Waals surface area (Å²) in [4.78, 5) is 0. The highest BCUT2D eigenvalue weighted by atomic mass is 19.1. The number of halogens is 1. The van der Waals surface area contributed by atoms with Crippen LogP contribution in [0.1, 0.15) is 24.5 Å². The number of benzene rings is 2. The first kappa shape index (κ1) is 14.4. The van der Waals surface area contributed by atoms with Gasteiger partial charge in [-0.15, -0.1) is 0 Å². The Morgan fingerprint density at radius 2 is 1.85 bits per heavy atom. The summed E-state index contributed by atoms with van der Waals surface area (Å²) in [6.07, 6.45) is 0.993. The number of hydrogen-bond acceptors (Lipinski definition) is 2. The standard InChI is InChI=1S/C17H20FNO/c1-3-10-20-16-7-5-15(6-8-16)19-12-14-11-13(2)4-9-17(14)18/h4-9,11,19H,3,10,12H2,1-2H3. The van der Waals surface area contributed by atoms with E-state index in [0.29, 0.717) is 12.1 Å². The number of rotatable bonds is 6. The molecular formula is C17H20FNO. The Kier molecular flexibility index (Phi) is 4.99. The second-order valence-corrected chi connectivity index (χ2v) is 4.82. The Hall–Kier alpha value is -2.03. The minimum Gasteiger partial charge on any atom is -0.494 e. The molecule has 0 unspecified atom stereocenters. The van der Waals surface area contributed by atoms with E-state index < -0.39 is 0 Å². The van der Waals surface area contributed by atoms with E-state index in [1.165, 1.54) is 6.07 Å². The van der Waals surface area contributed by atoms with Crippen LogP contribution in [0.3, 0.4) is 0 Å². The van der Waals surface area contributed by atoms with E-state index in [-0.39, 0.29) is 5.82 Å². The van der Waals surface area contributed by atoms with Crippen LogP contribution >= 0.6 is 0 Å². The third-order valence-corrected chi connectivity index (χ3v) is 3.01. The van der Waals surface area contributed by atoms with Gasteiger partial charge < -0.3 is 10.1 Å². The number of hydrogen-bond donors (Lipinski definition) is 1. The van der Waals surface area contributed by atoms with Crippen LogP contribution in [-0.2, 0) is 6.54 Å². The van der Waals surface area contributed by atoms with Gasteiger partial charge in [0.2, 0.25) is 0 Å². The van der Waals surface area contributed by atoms with Gasteiger partial charge in [-0.25, -0.2) is 4.39 Å². The summed E-state index contributed by atoms with van der Waals surface area (Å²) >= 11 is 0. The van der Waals surface area contributed by atoms with Crippen molar-refractivity contribution in [2.75, 3.05) is 11.9 Å². The first-order chi connectivity index (χ1) is 9.69. The molecule has 20 heavy (non-hydrogen) atoms. The lowest BCUT2D eigenvalue weighted by Crippen LogP contribution is -2.02. The molecule has 0 radical (unpaired) electrons. The van der Waals surface area contributed by atoms with Crippen molar-refractivity contribution in [3.63, 3.8) is 0 Å². The molecule has 106 valence electrons. The summed E-state index contributed by atoms with van der Waals surface area (Å²) < 4.78 is 19.1. The lowest BCUT2D eigenvalue weighted by Gasteiger charge is -2.09. The molecule has 2 rings (SSSR count). The third kappa shape index (κ3) is 3.98. The van der Waals surface area contributed by atoms with Gasteiger partial charge in [0.25, 0.3) is 0 Å². The van der Waals surface area contributed by atoms with Crippen LogP contribution in [0.15, 0.2) is 42.5 Å². The largest absolute Gasteiger partial charge is 0.494 e. The van der Waals surface area contributed by atoms with Crippen molar-refractivity contribution in [3.05, 3.63) is 59.4 Å². The van der Waals surface area contributed by atoms with Crippen LogP contribution in [-0.4, -0.2) is 6.61 Å². The summed E-state index contributed by atoms with van der Waals surface area (Å²) in [5.74, 6) is 0.685. The van der Waals surface area contributed by atoms with Crippen LogP contribution in [0.2, 0.25) is 0 Å². The zero-order valence-electron chi connectivity index (χ0n) is 11.9. The average Bonchev–Trinajstić information content (AvgIpc) is 2.47. The van der Waals surface area contributed by atoms with Crippen molar-refractivity contribution in [2.24, 2.45) is 0 Å². The zero-order chi connectivity index (χ0) is 14.4. The van der Waals surface area contributed by atoms with E-state index >= 15 is 0 Å². The van der Waals surface area contributed by atoms with Crippen molar-refractivity contribution in [1.82, 2.24) is 0 Å². The molecule has 0 saturated heterocycles. The van der Waals surface area contributed by atoms with Gasteiger partial charge in [0, 0.05) is 17.8 Å². The molecule has 0 amide bonds. The molecule has 0 aliphatic carbocycles. The number of ether oxygens (including phenoxy) is 1. The van der Waals surface area contributed by atoms with Gasteiger partial charge in [-0.2, -0.15) is 0 Å². The van der Waals surface area contributed by atoms with Gasteiger partial charge in [-0.3, -0.25) is 0 Å². The quantitative estimate of drug-likeness (QED) is 0.834. The minimum atomic E-state index is -0.175. The highest BCUT2D eigenvalue weighted by Gasteiger charge is 2.02. The summed E-state index contributed by atoms with van der Waals surface area (Å²) in [5, 5.41) is 3.22. The molecule has 0 spiro atoms. The van der Waals surface area contributed by atoms with Gasteiger partial charge in [0.15, 0.2) is 0 Å². The lowest BCUT2D eigenvalue weighted by atomic mass is 10.1. The highest BCUT2D eigenvalue weighted by Crippen LogP contribution is 2.17. The van der Waals surface area contributed by atoms with E-state index in [9.17, 15) is 4.39 Å². The van der Waals surface area contributed by atoms with Crippen molar-refractivity contribution in [2.45, 2.75) is 26.8 Å². The Labute approximate surface area is 119 Å². The second kappa shape index (κ2) is 6.94. The molecule has 0 saturated carbocycles. The molecule has 0 aliphatic rings. The normalized spacial score (nSPS) is 10.3. The molecule has 2 aromatic rings. The van der Waals surface area contributed by atoms with E-state index in [4.69, 9.17) is 4.74 Å². The molecule has 2 aromatic carbocycles. The first-order valence-electron chi connectivity index (χ1n) is 6.91. The van der Waals surface area contributed by atoms with Crippen molar-refractivity contribution >= 4 is 5.69 Å². The van der Waals surface area contributed by atoms with Crippen LogP contribution < -0.4 is 10.1 Å². The molecule has 0 atom stereocenters. The minimum absolute atomic E-state index is 0.175. The van der Waals surface area contributed by atoms with Gasteiger partial charge >= 0.3 is 0 Å². The topological polar surface area (TPSA) is 21.3 Å². The first-order valence-corrected chi connectivity index (χ1v) is 6.91. The van der Waals surface area contributed by atoms with Gasteiger partial charge in [-0.1, -0.05) is 24.6 Å². The van der Waals surface area contributed by atoms with E-state index in [1.54, 1.807) is 6.07 Å². The Morgan fingerprint density at radius 3 is 2.55 bits per heavy atom. The predicted octanol–water partition coefficient (Wildman–Crippen LogP) is 4.54. The molecule has 0 aliphatic heterocycles. The molecular weight excluding hydrogens is 253 g/mol. The second-order valence-electron chi connectivity index (χ2n) is 4.82. The van der Waals surface area contributed by atoms with Crippen LogP contribution in [0.5, 0.6) is 5.75 Å². The molecule has 0 heterocycles. The van der Waals surface area contributed by atoms with Gasteiger partial charge in [0.1, 0.15) is 11.6 Å². The number of aryl methyl sites for hydroxylation is 1. The summed E-state index contributed by atoms with van der Waals surface area (Å²) in [6, 6.07) is 12.9. The highest BCUT2D eigenvalue weighted by molar-refractivity contribution is 5.47. The number of nitrogens with one attached hydrogen (secondary N) is 1. The van der Waals surface area contributed by atoms with E-state index in [0.717, 1.165) is 30.0 Å². The third-order valence-electron chi connectivity index (χ3n) is 3.01. The zero-order valence-corrected chi connectivity index (χ0v) is 11.9. The number of anilines is 1. The monoisotopic (exact) mass is 273 g/mol. The maximum atomic E-state index is 13.6. The van der Waals surface area contributed by atoms with Crippen LogP contribution in [0.4, 0.5) is 10.1 Å². The summed E-state index contributed by atoms with van der Waals surface area (Å²) in [6.45, 7) is 5.24. The fourth-order valence-electron chi connectivity index (χ4n) is 1.93. The molecule has 0 bridgehead atoms. The van der Waals surface area contributed by atoms with Crippen LogP contribution in [0.25, 0.3) is 0 Å². The van der Waals surface area contributed by atoms with Crippen molar-refractivity contribution in [1.29, 1.82) is 0 Å². The SMILES string of the molecule is CCCOc1ccc(NCc2cc(C)ccc2F)cc1. The van der Waals surface area contributed by atoms with Gasteiger partial charge in [0.05, 0.1) is 6.61 Å². The average molecular weight is 273 g/mol. The fourth-order valence-corrected chi connectivity index (χ4v) is 1.93. The Balaban J connectivity index is 1.95. The molecule has 0 aromatic heterocycles. The Morgan fingerprint density at radius 1 is 1.10 bits per heavy atom. The lowest BCUT2D eigenvalue weighted by molar-refractivity contribution is 0.317. The molecule has 2 nitrogen and oxygen atoms in total. The maximum absolute atomic E-state index is 13.6. The van der Waals surface area contributed by atoms with Crippen molar-refractivity contribution in [3.8, 4) is 5.75 Å².